The Bertz CT molecular complexity index is 1130. The van der Waals surface area contributed by atoms with Crippen LogP contribution >= 0.6 is 11.8 Å². The number of urea groups is 1. The van der Waals surface area contributed by atoms with Crippen molar-refractivity contribution >= 4 is 58.1 Å². The smallest absolute Gasteiger partial charge is 0.325 e. The molecule has 2 aliphatic heterocycles. The summed E-state index contributed by atoms with van der Waals surface area (Å²) in [6, 6.07) is 13.2. The maximum Gasteiger partial charge on any atom is 0.445 e. The van der Waals surface area contributed by atoms with E-state index in [-0.39, 0.29) is 17.6 Å². The summed E-state index contributed by atoms with van der Waals surface area (Å²) in [5.41, 5.74) is 0.749. The standard InChI is InChI=1S/C21H18N4O3S/c1-24-19-18(20(27)25(2)21(24)28)16(10-11-22-19)29-12-17(26)23-15-9-5-7-13-6-3-4-8-14(13)15/h3-11,18H,12H2,1-2H3/p+1. The van der Waals surface area contributed by atoms with Crippen LogP contribution in [-0.2, 0) is 9.59 Å². The second kappa shape index (κ2) is 7.63. The molecule has 0 fully saturated rings. The van der Waals surface area contributed by atoms with Gasteiger partial charge in [-0.2, -0.15) is 9.48 Å². The number of anilines is 1. The second-order valence-corrected chi connectivity index (χ2v) is 7.79. The number of dihydropyridines is 1. The Morgan fingerprint density at radius 3 is 2.79 bits per heavy atom. The van der Waals surface area contributed by atoms with Gasteiger partial charge in [0.1, 0.15) is 6.21 Å². The van der Waals surface area contributed by atoms with Crippen LogP contribution in [0.2, 0.25) is 0 Å². The van der Waals surface area contributed by atoms with Gasteiger partial charge in [0.2, 0.25) is 5.91 Å². The molecule has 2 heterocycles. The van der Waals surface area contributed by atoms with Gasteiger partial charge >= 0.3 is 11.9 Å². The number of thioether (sulfide) groups is 1. The van der Waals surface area contributed by atoms with Crippen LogP contribution < -0.4 is 5.32 Å². The Hall–Kier alpha value is -3.26. The Kier molecular flexibility index (Phi) is 5.02. The molecule has 146 valence electrons. The van der Waals surface area contributed by atoms with Crippen molar-refractivity contribution in [1.82, 2.24) is 4.90 Å². The number of carbonyl (C=O) groups is 3. The zero-order valence-corrected chi connectivity index (χ0v) is 16.8. The van der Waals surface area contributed by atoms with E-state index in [0.717, 1.165) is 21.4 Å². The highest BCUT2D eigenvalue weighted by atomic mass is 32.2. The van der Waals surface area contributed by atoms with Crippen molar-refractivity contribution in [2.24, 2.45) is 10.9 Å². The molecule has 0 saturated heterocycles. The number of hydrogen-bond acceptors (Lipinski definition) is 5. The molecule has 0 aromatic heterocycles. The average molecular weight is 407 g/mol. The van der Waals surface area contributed by atoms with E-state index in [1.54, 1.807) is 19.3 Å². The number of benzene rings is 2. The number of nitrogens with zero attached hydrogens (tertiary/aromatic N) is 3. The molecule has 7 nitrogen and oxygen atoms in total. The number of amides is 4. The van der Waals surface area contributed by atoms with Crippen molar-refractivity contribution in [3.63, 3.8) is 0 Å². The van der Waals surface area contributed by atoms with Crippen molar-refractivity contribution < 1.29 is 19.0 Å². The van der Waals surface area contributed by atoms with Crippen LogP contribution in [0.1, 0.15) is 0 Å². The molecule has 0 radical (unpaired) electrons. The number of amidine groups is 1. The maximum atomic E-state index is 12.6. The van der Waals surface area contributed by atoms with E-state index < -0.39 is 11.9 Å². The van der Waals surface area contributed by atoms with Gasteiger partial charge in [0.15, 0.2) is 5.92 Å². The van der Waals surface area contributed by atoms with E-state index in [1.165, 1.54) is 23.4 Å². The quantitative estimate of drug-likeness (QED) is 0.790. The lowest BCUT2D eigenvalue weighted by molar-refractivity contribution is -0.407. The van der Waals surface area contributed by atoms with Crippen LogP contribution in [0.4, 0.5) is 10.5 Å². The minimum atomic E-state index is -0.664. The molecule has 1 atom stereocenters. The van der Waals surface area contributed by atoms with Gasteiger partial charge in [-0.25, -0.2) is 4.79 Å². The first-order valence-electron chi connectivity index (χ1n) is 9.04. The number of carbonyl (C=O) groups excluding carboxylic acids is 3. The number of rotatable bonds is 4. The van der Waals surface area contributed by atoms with E-state index in [0.29, 0.717) is 10.7 Å². The highest BCUT2D eigenvalue weighted by molar-refractivity contribution is 8.03. The molecule has 0 bridgehead atoms. The summed E-state index contributed by atoms with van der Waals surface area (Å²) in [5.74, 6) is -0.646. The van der Waals surface area contributed by atoms with Crippen molar-refractivity contribution in [3.8, 4) is 0 Å². The van der Waals surface area contributed by atoms with Gasteiger partial charge in [-0.15, -0.1) is 16.8 Å². The highest BCUT2D eigenvalue weighted by Gasteiger charge is 2.47. The lowest BCUT2D eigenvalue weighted by Crippen LogP contribution is -2.52. The molecule has 0 spiro atoms. The fourth-order valence-electron chi connectivity index (χ4n) is 3.41. The lowest BCUT2D eigenvalue weighted by Gasteiger charge is -2.26. The molecule has 2 aromatic rings. The van der Waals surface area contributed by atoms with Crippen molar-refractivity contribution in [2.45, 2.75) is 0 Å². The highest BCUT2D eigenvalue weighted by Crippen LogP contribution is 2.32. The van der Waals surface area contributed by atoms with E-state index in [9.17, 15) is 14.4 Å². The molecule has 4 amide bonds. The van der Waals surface area contributed by atoms with Gasteiger partial charge in [0, 0.05) is 16.0 Å². The first-order valence-corrected chi connectivity index (χ1v) is 10.0. The van der Waals surface area contributed by atoms with Gasteiger partial charge in [-0.3, -0.25) is 9.59 Å². The molecule has 29 heavy (non-hydrogen) atoms. The summed E-state index contributed by atoms with van der Waals surface area (Å²) in [4.78, 5) is 43.3. The lowest BCUT2D eigenvalue weighted by atomic mass is 10.0. The number of nitrogens with one attached hydrogen (secondary N) is 1. The number of allylic oxidation sites excluding steroid dienone is 1. The van der Waals surface area contributed by atoms with E-state index in [1.807, 2.05) is 42.5 Å². The number of fused-ring (bicyclic) bond motifs is 2. The Morgan fingerprint density at radius 1 is 1.21 bits per heavy atom. The monoisotopic (exact) mass is 407 g/mol. The minimum absolute atomic E-state index is 0.140. The predicted octanol–water partition coefficient (Wildman–Crippen LogP) is 2.73. The molecule has 0 saturated carbocycles. The third-order valence-corrected chi connectivity index (χ3v) is 6.03. The van der Waals surface area contributed by atoms with Crippen LogP contribution in [0.5, 0.6) is 0 Å². The van der Waals surface area contributed by atoms with Crippen molar-refractivity contribution in [1.29, 1.82) is 0 Å². The summed E-state index contributed by atoms with van der Waals surface area (Å²) >= 11 is 1.28. The van der Waals surface area contributed by atoms with E-state index >= 15 is 0 Å². The number of imide groups is 1. The third-order valence-electron chi connectivity index (χ3n) is 4.92. The van der Waals surface area contributed by atoms with Crippen molar-refractivity contribution in [3.05, 3.63) is 53.4 Å². The van der Waals surface area contributed by atoms with Gasteiger partial charge in [0.25, 0.3) is 5.84 Å². The zero-order chi connectivity index (χ0) is 20.5. The molecule has 0 aliphatic carbocycles. The number of hydrogen-bond donors (Lipinski definition) is 1. The molecule has 1 N–H and O–H groups in total. The second-order valence-electron chi connectivity index (χ2n) is 6.74. The third kappa shape index (κ3) is 3.47. The van der Waals surface area contributed by atoms with E-state index in [2.05, 4.69) is 10.3 Å². The SMILES string of the molecule is CN1C(=O)C2C(SCC(=O)Nc3cccc4ccccc34)=CC=NC2=[N+](C)C1=O. The predicted molar refractivity (Wildman–Crippen MR) is 114 cm³/mol. The Morgan fingerprint density at radius 2 is 1.97 bits per heavy atom. The Balaban J connectivity index is 1.49. The fraction of sp³-hybridized carbons (Fsp3) is 0.190. The van der Waals surface area contributed by atoms with Crippen LogP contribution in [0.25, 0.3) is 10.8 Å². The van der Waals surface area contributed by atoms with Crippen LogP contribution in [-0.4, -0.2) is 59.2 Å². The summed E-state index contributed by atoms with van der Waals surface area (Å²) in [7, 11) is 3.04. The maximum absolute atomic E-state index is 12.6. The van der Waals surface area contributed by atoms with Gasteiger partial charge in [-0.05, 0) is 17.5 Å². The van der Waals surface area contributed by atoms with Gasteiger partial charge < -0.3 is 5.32 Å². The fourth-order valence-corrected chi connectivity index (χ4v) is 4.31. The summed E-state index contributed by atoms with van der Waals surface area (Å²) < 4.78 is 1.37. The number of aliphatic imine (C=N–C) groups is 1. The Labute approximate surface area is 171 Å². The van der Waals surface area contributed by atoms with E-state index in [4.69, 9.17) is 0 Å². The van der Waals surface area contributed by atoms with Gasteiger partial charge in [0.05, 0.1) is 19.8 Å². The van der Waals surface area contributed by atoms with Crippen LogP contribution in [0.15, 0.2) is 58.4 Å². The largest absolute Gasteiger partial charge is 0.445 e. The molecule has 2 aromatic carbocycles. The normalized spacial score (nSPS) is 18.8. The molecular weight excluding hydrogens is 388 g/mol. The first-order chi connectivity index (χ1) is 14.0. The van der Waals surface area contributed by atoms with Crippen LogP contribution in [0, 0.1) is 5.92 Å². The molecule has 2 aliphatic rings. The molecule has 4 rings (SSSR count). The minimum Gasteiger partial charge on any atom is -0.325 e. The zero-order valence-electron chi connectivity index (χ0n) is 16.0. The molecule has 8 heteroatoms. The van der Waals surface area contributed by atoms with Crippen LogP contribution in [0.3, 0.4) is 0 Å². The molecular formula is C21H19N4O3S+. The van der Waals surface area contributed by atoms with Gasteiger partial charge in [-0.1, -0.05) is 36.4 Å². The average Bonchev–Trinajstić information content (AvgIpc) is 2.74. The van der Waals surface area contributed by atoms with Crippen molar-refractivity contribution in [2.75, 3.05) is 25.2 Å². The topological polar surface area (TPSA) is 81.8 Å². The first kappa shape index (κ1) is 19.1. The summed E-state index contributed by atoms with van der Waals surface area (Å²) in [6.07, 6.45) is 3.28. The summed E-state index contributed by atoms with van der Waals surface area (Å²) in [6.45, 7) is 0. The molecule has 1 unspecified atom stereocenters. The summed E-state index contributed by atoms with van der Waals surface area (Å²) in [5, 5.41) is 4.96.